The van der Waals surface area contributed by atoms with Crippen molar-refractivity contribution >= 4 is 39.2 Å². The minimum absolute atomic E-state index is 0.239. The molecule has 0 aliphatic heterocycles. The van der Waals surface area contributed by atoms with E-state index < -0.39 is 5.97 Å². The van der Waals surface area contributed by atoms with Crippen LogP contribution in [0.2, 0.25) is 0 Å². The van der Waals surface area contributed by atoms with Crippen LogP contribution in [0.25, 0.3) is 22.2 Å². The fourth-order valence-electron chi connectivity index (χ4n) is 6.36. The van der Waals surface area contributed by atoms with Gasteiger partial charge in [0, 0.05) is 21.3 Å². The second-order valence-electron chi connectivity index (χ2n) is 11.4. The Balaban J connectivity index is 1.60. The molecule has 1 atom stereocenters. The van der Waals surface area contributed by atoms with Crippen molar-refractivity contribution in [1.82, 2.24) is 9.55 Å². The summed E-state index contributed by atoms with van der Waals surface area (Å²) in [4.78, 5) is 31.8. The lowest BCUT2D eigenvalue weighted by Gasteiger charge is -2.27. The molecule has 0 bridgehead atoms. The van der Waals surface area contributed by atoms with Crippen molar-refractivity contribution in [2.45, 2.75) is 72.3 Å². The molecule has 5 rings (SSSR count). The smallest absolute Gasteiger partial charge is 0.323 e. The topological polar surface area (TPSA) is 103 Å². The number of benzene rings is 2. The normalized spacial score (nSPS) is 14.6. The minimum Gasteiger partial charge on any atom is -0.496 e. The van der Waals surface area contributed by atoms with Gasteiger partial charge in [0.25, 0.3) is 5.91 Å². The average molecular weight is 590 g/mol. The number of carboxylic acids is 1. The third-order valence-electron chi connectivity index (χ3n) is 8.60. The van der Waals surface area contributed by atoms with Crippen LogP contribution in [0.1, 0.15) is 77.0 Å². The number of aliphatic carboxylic acids is 1. The number of nitrogens with one attached hydrogen (secondary N) is 1. The molecule has 8 nitrogen and oxygen atoms in total. The van der Waals surface area contributed by atoms with E-state index in [1.165, 1.54) is 43.4 Å². The summed E-state index contributed by atoms with van der Waals surface area (Å²) in [6.45, 7) is 7.76. The first-order chi connectivity index (χ1) is 20.1. The van der Waals surface area contributed by atoms with Crippen LogP contribution in [0.3, 0.4) is 0 Å². The number of thiazole rings is 1. The molecule has 2 N–H and O–H groups in total. The SMILES string of the molecule is COc1cc(-c2nc(NC(=O)c3c(C)c4cc(C)ccc4n3CC(=O)O)sc2C(C)C2CCCCC2)c(OC)cc1C. The van der Waals surface area contributed by atoms with Crippen molar-refractivity contribution < 1.29 is 24.2 Å². The molecule has 0 spiro atoms. The molecule has 2 aromatic heterocycles. The Morgan fingerprint density at radius 2 is 1.79 bits per heavy atom. The van der Waals surface area contributed by atoms with Crippen molar-refractivity contribution in [3.63, 3.8) is 0 Å². The Morgan fingerprint density at radius 3 is 2.45 bits per heavy atom. The number of hydrogen-bond acceptors (Lipinski definition) is 6. The Bertz CT molecular complexity index is 1650. The number of fused-ring (bicyclic) bond motifs is 1. The van der Waals surface area contributed by atoms with Crippen LogP contribution < -0.4 is 14.8 Å². The molecule has 2 heterocycles. The molecular weight excluding hydrogens is 550 g/mol. The van der Waals surface area contributed by atoms with E-state index in [1.54, 1.807) is 18.8 Å². The molecule has 222 valence electrons. The van der Waals surface area contributed by atoms with Crippen molar-refractivity contribution in [3.05, 3.63) is 57.6 Å². The van der Waals surface area contributed by atoms with E-state index in [9.17, 15) is 14.7 Å². The zero-order valence-corrected chi connectivity index (χ0v) is 26.0. The fraction of sp³-hybridized carbons (Fsp3) is 0.424. The number of methoxy groups -OCH3 is 2. The maximum Gasteiger partial charge on any atom is 0.323 e. The standard InChI is InChI=1S/C33H39N3O5S/c1-18-12-13-25-23(14-18)21(4)30(36(25)17-28(37)38)32(39)35-33-34-29(24-16-26(40-5)19(2)15-27(24)41-6)31(42-33)20(3)22-10-8-7-9-11-22/h12-16,20,22H,7-11,17H2,1-6H3,(H,37,38)(H,34,35,39). The number of hydrogen-bond donors (Lipinski definition) is 2. The van der Waals surface area contributed by atoms with Gasteiger partial charge in [0.1, 0.15) is 23.7 Å². The van der Waals surface area contributed by atoms with E-state index in [2.05, 4.69) is 12.2 Å². The molecule has 0 saturated heterocycles. The number of rotatable bonds is 9. The first-order valence-corrected chi connectivity index (χ1v) is 15.3. The highest BCUT2D eigenvalue weighted by Gasteiger charge is 2.30. The molecule has 4 aromatic rings. The summed E-state index contributed by atoms with van der Waals surface area (Å²) >= 11 is 1.49. The minimum atomic E-state index is -1.01. The van der Waals surface area contributed by atoms with Gasteiger partial charge in [0.2, 0.25) is 0 Å². The predicted molar refractivity (Wildman–Crippen MR) is 167 cm³/mol. The maximum atomic E-state index is 13.9. The number of ether oxygens (including phenoxy) is 2. The van der Waals surface area contributed by atoms with Gasteiger partial charge in [-0.1, -0.05) is 37.8 Å². The Hall–Kier alpha value is -3.85. The van der Waals surface area contributed by atoms with Crippen molar-refractivity contribution in [3.8, 4) is 22.8 Å². The molecule has 9 heteroatoms. The molecule has 1 amide bonds. The van der Waals surface area contributed by atoms with E-state index >= 15 is 0 Å². The van der Waals surface area contributed by atoms with Crippen LogP contribution in [0, 0.1) is 26.7 Å². The van der Waals surface area contributed by atoms with Gasteiger partial charge in [-0.05, 0) is 80.8 Å². The number of carboxylic acid groups (broad SMARTS) is 1. The number of amides is 1. The quantitative estimate of drug-likeness (QED) is 0.207. The summed E-state index contributed by atoms with van der Waals surface area (Å²) in [5.74, 6) is 0.813. The number of carbonyl (C=O) groups is 2. The summed E-state index contributed by atoms with van der Waals surface area (Å²) in [5, 5.41) is 14.0. The highest BCUT2D eigenvalue weighted by molar-refractivity contribution is 7.16. The molecule has 42 heavy (non-hydrogen) atoms. The van der Waals surface area contributed by atoms with Crippen LogP contribution >= 0.6 is 11.3 Å². The van der Waals surface area contributed by atoms with Gasteiger partial charge in [0.15, 0.2) is 5.13 Å². The van der Waals surface area contributed by atoms with Crippen LogP contribution in [0.15, 0.2) is 30.3 Å². The van der Waals surface area contributed by atoms with Crippen molar-refractivity contribution in [1.29, 1.82) is 0 Å². The summed E-state index contributed by atoms with van der Waals surface area (Å²) in [7, 11) is 3.30. The molecule has 1 aliphatic rings. The average Bonchev–Trinajstić information content (AvgIpc) is 3.50. The first kappa shape index (κ1) is 29.6. The summed E-state index contributed by atoms with van der Waals surface area (Å²) in [5.41, 5.74) is 5.38. The lowest BCUT2D eigenvalue weighted by atomic mass is 9.79. The van der Waals surface area contributed by atoms with Gasteiger partial charge in [-0.3, -0.25) is 14.9 Å². The number of anilines is 1. The number of aryl methyl sites for hydroxylation is 3. The largest absolute Gasteiger partial charge is 0.496 e. The lowest BCUT2D eigenvalue weighted by Crippen LogP contribution is -2.20. The Kier molecular flexibility index (Phi) is 8.59. The molecule has 2 aromatic carbocycles. The van der Waals surface area contributed by atoms with Crippen molar-refractivity contribution in [2.24, 2.45) is 5.92 Å². The monoisotopic (exact) mass is 589 g/mol. The molecule has 1 saturated carbocycles. The molecule has 1 fully saturated rings. The van der Waals surface area contributed by atoms with E-state index in [0.717, 1.165) is 44.0 Å². The Morgan fingerprint density at radius 1 is 1.07 bits per heavy atom. The van der Waals surface area contributed by atoms with Crippen LogP contribution in [0.4, 0.5) is 5.13 Å². The second-order valence-corrected chi connectivity index (χ2v) is 12.4. The number of nitrogens with zero attached hydrogens (tertiary/aromatic N) is 2. The van der Waals surface area contributed by atoms with E-state index in [-0.39, 0.29) is 18.4 Å². The summed E-state index contributed by atoms with van der Waals surface area (Å²) in [6.07, 6.45) is 6.06. The third kappa shape index (κ3) is 5.62. The van der Waals surface area contributed by atoms with Gasteiger partial charge >= 0.3 is 5.97 Å². The van der Waals surface area contributed by atoms with E-state index in [0.29, 0.717) is 28.0 Å². The zero-order valence-electron chi connectivity index (χ0n) is 25.2. The van der Waals surface area contributed by atoms with Crippen LogP contribution in [-0.2, 0) is 11.3 Å². The molecular formula is C33H39N3O5S. The Labute approximate surface area is 250 Å². The third-order valence-corrected chi connectivity index (χ3v) is 9.77. The highest BCUT2D eigenvalue weighted by Crippen LogP contribution is 2.46. The molecule has 1 unspecified atom stereocenters. The van der Waals surface area contributed by atoms with E-state index in [4.69, 9.17) is 14.5 Å². The van der Waals surface area contributed by atoms with Crippen LogP contribution in [0.5, 0.6) is 11.5 Å². The second kappa shape index (κ2) is 12.2. The maximum absolute atomic E-state index is 13.9. The van der Waals surface area contributed by atoms with Gasteiger partial charge in [-0.25, -0.2) is 4.98 Å². The first-order valence-electron chi connectivity index (χ1n) is 14.5. The predicted octanol–water partition coefficient (Wildman–Crippen LogP) is 7.73. The van der Waals surface area contributed by atoms with Crippen molar-refractivity contribution in [2.75, 3.05) is 19.5 Å². The van der Waals surface area contributed by atoms with Gasteiger partial charge in [-0.15, -0.1) is 11.3 Å². The van der Waals surface area contributed by atoms with Crippen LogP contribution in [-0.4, -0.2) is 40.8 Å². The van der Waals surface area contributed by atoms with Gasteiger partial charge < -0.3 is 19.1 Å². The highest BCUT2D eigenvalue weighted by atomic mass is 32.1. The van der Waals surface area contributed by atoms with Gasteiger partial charge in [-0.2, -0.15) is 0 Å². The lowest BCUT2D eigenvalue weighted by molar-refractivity contribution is -0.137. The van der Waals surface area contributed by atoms with Gasteiger partial charge in [0.05, 0.1) is 19.9 Å². The fourth-order valence-corrected chi connectivity index (χ4v) is 7.47. The zero-order chi connectivity index (χ0) is 30.1. The number of aromatic nitrogens is 2. The molecule has 0 radical (unpaired) electrons. The molecule has 1 aliphatic carbocycles. The summed E-state index contributed by atoms with van der Waals surface area (Å²) in [6, 6.07) is 9.71. The van der Waals surface area contributed by atoms with E-state index in [1.807, 2.05) is 51.1 Å². The number of carbonyl (C=O) groups excluding carboxylic acids is 1. The summed E-state index contributed by atoms with van der Waals surface area (Å²) < 4.78 is 13.0.